The fraction of sp³-hybridized carbons (Fsp3) is 0.133. The van der Waals surface area contributed by atoms with Gasteiger partial charge in [0.25, 0.3) is 10.0 Å². The van der Waals surface area contributed by atoms with Crippen LogP contribution in [0.3, 0.4) is 0 Å². The number of anilines is 1. The van der Waals surface area contributed by atoms with Crippen molar-refractivity contribution in [2.24, 2.45) is 0 Å². The minimum atomic E-state index is -4.68. The molecule has 0 fully saturated rings. The summed E-state index contributed by atoms with van der Waals surface area (Å²) >= 11 is 6.95. The Morgan fingerprint density at radius 2 is 1.82 bits per heavy atom. The number of benzene rings is 1. The Labute approximate surface area is 166 Å². The third kappa shape index (κ3) is 4.39. The average Bonchev–Trinajstić information content (AvgIpc) is 3.02. The van der Waals surface area contributed by atoms with Gasteiger partial charge in [-0.15, -0.1) is 9.19 Å². The van der Waals surface area contributed by atoms with E-state index in [1.165, 1.54) is 0 Å². The van der Waals surface area contributed by atoms with E-state index in [2.05, 4.69) is 15.1 Å². The lowest BCUT2D eigenvalue weighted by Gasteiger charge is -2.07. The number of hydrogen-bond acceptors (Lipinski definition) is 7. The fourth-order valence-corrected chi connectivity index (χ4v) is 4.12. The van der Waals surface area contributed by atoms with Crippen molar-refractivity contribution in [1.82, 2.24) is 19.2 Å². The number of thioether (sulfide) groups is 1. The van der Waals surface area contributed by atoms with E-state index in [0.29, 0.717) is 27.1 Å². The van der Waals surface area contributed by atoms with Crippen LogP contribution in [-0.2, 0) is 22.0 Å². The van der Waals surface area contributed by atoms with Gasteiger partial charge in [0.1, 0.15) is 10.6 Å². The molecule has 0 aliphatic carbocycles. The maximum atomic E-state index is 12.6. The number of rotatable bonds is 5. The van der Waals surface area contributed by atoms with Crippen molar-refractivity contribution >= 4 is 39.3 Å². The Bertz CT molecular complexity index is 1080. The van der Waals surface area contributed by atoms with Crippen LogP contribution < -0.4 is 5.73 Å². The summed E-state index contributed by atoms with van der Waals surface area (Å²) in [6.45, 7) is 0. The first-order valence-electron chi connectivity index (χ1n) is 7.46. The predicted molar refractivity (Wildman–Crippen MR) is 97.3 cm³/mol. The molecular formula is C15H11ClF3N5O2S2. The minimum absolute atomic E-state index is 0.0934. The standard InChI is InChI=1S/C15H11ClF3N5O2S2/c16-10-3-1-9(2-4-10)8-27-14-22-13(20)24(23-14)28(25,26)11-5-6-12(21-7-11)15(17,18)19/h1-7H,8H2,(H2,20,22,23). The lowest BCUT2D eigenvalue weighted by Crippen LogP contribution is -2.18. The topological polar surface area (TPSA) is 104 Å². The van der Waals surface area contributed by atoms with Crippen LogP contribution in [-0.4, -0.2) is 27.6 Å². The largest absolute Gasteiger partial charge is 0.433 e. The molecule has 0 spiro atoms. The smallest absolute Gasteiger partial charge is 0.367 e. The molecule has 0 radical (unpaired) electrons. The molecule has 2 heterocycles. The predicted octanol–water partition coefficient (Wildman–Crippen LogP) is 3.46. The molecule has 2 aromatic heterocycles. The Kier molecular flexibility index (Phi) is 5.55. The van der Waals surface area contributed by atoms with Crippen LogP contribution in [0.15, 0.2) is 52.6 Å². The SMILES string of the molecule is Nc1nc(SCc2ccc(Cl)cc2)nn1S(=O)(=O)c1ccc(C(F)(F)F)nc1. The molecule has 0 amide bonds. The summed E-state index contributed by atoms with van der Waals surface area (Å²) < 4.78 is 63.4. The quantitative estimate of drug-likeness (QED) is 0.595. The Morgan fingerprint density at radius 1 is 1.14 bits per heavy atom. The van der Waals surface area contributed by atoms with Gasteiger partial charge in [-0.1, -0.05) is 35.5 Å². The molecule has 0 aliphatic heterocycles. The highest BCUT2D eigenvalue weighted by Gasteiger charge is 2.33. The van der Waals surface area contributed by atoms with E-state index >= 15 is 0 Å². The number of hydrogen-bond donors (Lipinski definition) is 1. The zero-order valence-electron chi connectivity index (χ0n) is 13.8. The highest BCUT2D eigenvalue weighted by atomic mass is 35.5. The molecule has 0 unspecified atom stereocenters. The van der Waals surface area contributed by atoms with Crippen molar-refractivity contribution in [3.05, 3.63) is 58.9 Å². The lowest BCUT2D eigenvalue weighted by atomic mass is 10.2. The van der Waals surface area contributed by atoms with Crippen molar-refractivity contribution in [2.75, 3.05) is 5.73 Å². The molecule has 2 N–H and O–H groups in total. The maximum absolute atomic E-state index is 12.6. The highest BCUT2D eigenvalue weighted by Crippen LogP contribution is 2.28. The van der Waals surface area contributed by atoms with E-state index in [0.717, 1.165) is 23.4 Å². The summed E-state index contributed by atoms with van der Waals surface area (Å²) in [5.74, 6) is 0.0150. The van der Waals surface area contributed by atoms with Gasteiger partial charge in [-0.25, -0.2) is 0 Å². The van der Waals surface area contributed by atoms with Gasteiger partial charge in [-0.2, -0.15) is 26.6 Å². The average molecular weight is 450 g/mol. The van der Waals surface area contributed by atoms with Crippen LogP contribution in [0.25, 0.3) is 0 Å². The van der Waals surface area contributed by atoms with Crippen LogP contribution in [0.5, 0.6) is 0 Å². The molecule has 0 atom stereocenters. The van der Waals surface area contributed by atoms with Crippen LogP contribution >= 0.6 is 23.4 Å². The highest BCUT2D eigenvalue weighted by molar-refractivity contribution is 7.98. The second-order valence-electron chi connectivity index (χ2n) is 5.39. The number of nitrogens with zero attached hydrogens (tertiary/aromatic N) is 4. The van der Waals surface area contributed by atoms with Gasteiger partial charge in [0, 0.05) is 17.0 Å². The van der Waals surface area contributed by atoms with Gasteiger partial charge in [-0.3, -0.25) is 4.98 Å². The van der Waals surface area contributed by atoms with Crippen LogP contribution in [0.2, 0.25) is 5.02 Å². The van der Waals surface area contributed by atoms with Gasteiger partial charge < -0.3 is 5.73 Å². The lowest BCUT2D eigenvalue weighted by molar-refractivity contribution is -0.141. The maximum Gasteiger partial charge on any atom is 0.433 e. The number of nitrogen functional groups attached to an aromatic ring is 1. The number of pyridine rings is 1. The first kappa shape index (κ1) is 20.4. The van der Waals surface area contributed by atoms with E-state index in [1.807, 2.05) is 0 Å². The summed E-state index contributed by atoms with van der Waals surface area (Å²) in [4.78, 5) is 6.52. The van der Waals surface area contributed by atoms with Crippen LogP contribution in [0.1, 0.15) is 11.3 Å². The van der Waals surface area contributed by atoms with Gasteiger partial charge in [-0.05, 0) is 29.8 Å². The van der Waals surface area contributed by atoms with Crippen LogP contribution in [0.4, 0.5) is 19.1 Å². The summed E-state index contributed by atoms with van der Waals surface area (Å²) in [7, 11) is -4.34. The Morgan fingerprint density at radius 3 is 2.39 bits per heavy atom. The second kappa shape index (κ2) is 7.60. The third-order valence-electron chi connectivity index (χ3n) is 3.42. The fourth-order valence-electron chi connectivity index (χ4n) is 2.06. The van der Waals surface area contributed by atoms with E-state index < -0.39 is 32.7 Å². The van der Waals surface area contributed by atoms with Gasteiger partial charge in [0.05, 0.1) is 0 Å². The molecule has 7 nitrogen and oxygen atoms in total. The van der Waals surface area contributed by atoms with Gasteiger partial charge in [0.15, 0.2) is 0 Å². The second-order valence-corrected chi connectivity index (χ2v) is 8.54. The van der Waals surface area contributed by atoms with Gasteiger partial charge >= 0.3 is 6.18 Å². The van der Waals surface area contributed by atoms with Gasteiger partial charge in [0.2, 0.25) is 11.1 Å². The molecule has 148 valence electrons. The molecule has 0 bridgehead atoms. The molecule has 28 heavy (non-hydrogen) atoms. The summed E-state index contributed by atoms with van der Waals surface area (Å²) in [5, 5.41) is 4.51. The zero-order chi connectivity index (χ0) is 20.5. The summed E-state index contributed by atoms with van der Waals surface area (Å²) in [6.07, 6.45) is -4.08. The van der Waals surface area contributed by atoms with E-state index in [9.17, 15) is 21.6 Å². The van der Waals surface area contributed by atoms with Crippen molar-refractivity contribution in [3.63, 3.8) is 0 Å². The molecule has 13 heteroatoms. The number of alkyl halides is 3. The molecule has 3 aromatic rings. The van der Waals surface area contributed by atoms with E-state index in [1.54, 1.807) is 24.3 Å². The van der Waals surface area contributed by atoms with Crippen LogP contribution in [0, 0.1) is 0 Å². The Hall–Kier alpha value is -2.31. The molecule has 0 saturated carbocycles. The molecule has 1 aromatic carbocycles. The Balaban J connectivity index is 1.81. The summed E-state index contributed by atoms with van der Waals surface area (Å²) in [6, 6.07) is 8.35. The molecule has 0 saturated heterocycles. The van der Waals surface area contributed by atoms with Crippen molar-refractivity contribution in [3.8, 4) is 0 Å². The summed E-state index contributed by atoms with van der Waals surface area (Å²) in [5.41, 5.74) is 5.32. The number of halogens is 4. The van der Waals surface area contributed by atoms with Crippen molar-refractivity contribution in [1.29, 1.82) is 0 Å². The van der Waals surface area contributed by atoms with E-state index in [4.69, 9.17) is 17.3 Å². The van der Waals surface area contributed by atoms with Crippen molar-refractivity contribution < 1.29 is 21.6 Å². The normalized spacial score (nSPS) is 12.3. The first-order chi connectivity index (χ1) is 13.1. The van der Waals surface area contributed by atoms with E-state index in [-0.39, 0.29) is 5.16 Å². The third-order valence-corrected chi connectivity index (χ3v) is 6.14. The molecule has 3 rings (SSSR count). The molecule has 0 aliphatic rings. The zero-order valence-corrected chi connectivity index (χ0v) is 16.1. The minimum Gasteiger partial charge on any atom is -0.367 e. The van der Waals surface area contributed by atoms with Crippen molar-refractivity contribution in [2.45, 2.75) is 22.0 Å². The monoisotopic (exact) mass is 449 g/mol. The number of aromatic nitrogens is 4. The molecular weight excluding hydrogens is 439 g/mol. The first-order valence-corrected chi connectivity index (χ1v) is 10.3. The number of nitrogens with two attached hydrogens (primary N) is 1.